The van der Waals surface area contributed by atoms with Gasteiger partial charge in [-0.15, -0.1) is 0 Å². The lowest BCUT2D eigenvalue weighted by molar-refractivity contribution is -0.106. The number of benzene rings is 2. The molecule has 0 spiro atoms. The second-order valence-corrected chi connectivity index (χ2v) is 15.9. The predicted molar refractivity (Wildman–Crippen MR) is 178 cm³/mol. The largest absolute Gasteiger partial charge is 0.487 e. The zero-order chi connectivity index (χ0) is 32.4. The van der Waals surface area contributed by atoms with Gasteiger partial charge in [0.1, 0.15) is 18.0 Å². The molecule has 1 fully saturated rings. The lowest BCUT2D eigenvalue weighted by Crippen LogP contribution is -2.52. The molecule has 2 N–H and O–H groups in total. The maximum atomic E-state index is 13.4. The van der Waals surface area contributed by atoms with Crippen molar-refractivity contribution in [3.63, 3.8) is 0 Å². The van der Waals surface area contributed by atoms with Crippen molar-refractivity contribution in [1.29, 1.82) is 0 Å². The lowest BCUT2D eigenvalue weighted by atomic mass is 9.64. The highest BCUT2D eigenvalue weighted by atomic mass is 35.5. The third kappa shape index (κ3) is 7.87. The van der Waals surface area contributed by atoms with E-state index in [1.807, 2.05) is 51.1 Å². The van der Waals surface area contributed by atoms with Crippen LogP contribution in [0.2, 0.25) is 5.02 Å². The minimum Gasteiger partial charge on any atom is -0.487 e. The van der Waals surface area contributed by atoms with Crippen molar-refractivity contribution in [3.8, 4) is 5.75 Å². The standard InChI is InChI=1S/C35H47ClN2O6S/c1-23(2)44-22-35(40)16-7-8-24(3)25(4)45(41,42)37-34(39)27-12-15-33-32(19-27)38(20-28-11-14-31(28)35)17-6-5-9-26-18-30(36)13-10-29(26)21-43-33/h7,10,12-13,15-16,18-19,23-25,28,31,40H,5-6,8-9,11,14,17,20-22H2,1-4H3,(H,37,39)/b16-7+/t24-,25+,28-,31+,35-/m0/s1. The number of ether oxygens (including phenoxy) is 2. The molecule has 2 aliphatic heterocycles. The molecule has 3 aliphatic rings. The number of halogens is 1. The van der Waals surface area contributed by atoms with Crippen molar-refractivity contribution in [1.82, 2.24) is 4.72 Å². The van der Waals surface area contributed by atoms with Crippen LogP contribution in [-0.4, -0.2) is 56.1 Å². The molecule has 1 aliphatic carbocycles. The van der Waals surface area contributed by atoms with E-state index < -0.39 is 26.8 Å². The van der Waals surface area contributed by atoms with E-state index in [2.05, 4.69) is 9.62 Å². The van der Waals surface area contributed by atoms with Gasteiger partial charge >= 0.3 is 0 Å². The Hall–Kier alpha value is -2.59. The van der Waals surface area contributed by atoms with E-state index in [-0.39, 0.29) is 36.0 Å². The van der Waals surface area contributed by atoms with Gasteiger partial charge in [0.2, 0.25) is 10.0 Å². The van der Waals surface area contributed by atoms with Crippen LogP contribution in [0.1, 0.15) is 81.3 Å². The average Bonchev–Trinajstić information content (AvgIpc) is 3.00. The van der Waals surface area contributed by atoms with E-state index in [9.17, 15) is 18.3 Å². The summed E-state index contributed by atoms with van der Waals surface area (Å²) in [5.41, 5.74) is 2.04. The number of hydrogen-bond donors (Lipinski definition) is 2. The number of allylic oxidation sites excluding steroid dienone is 1. The van der Waals surface area contributed by atoms with Crippen molar-refractivity contribution < 1.29 is 27.8 Å². The minimum absolute atomic E-state index is 0.0303. The SMILES string of the molecule is CC(C)OC[C@@]1(O)/C=C/C[C@H](C)[C@@H](C)S(=O)(=O)NC(=O)c2ccc3c(c2)N(CCCCc2cc(Cl)ccc2CO3)C[C@@H]2CC[C@H]21. The van der Waals surface area contributed by atoms with Crippen LogP contribution in [0.15, 0.2) is 48.6 Å². The summed E-state index contributed by atoms with van der Waals surface area (Å²) in [5, 5.41) is 11.9. The summed E-state index contributed by atoms with van der Waals surface area (Å²) in [7, 11) is -3.97. The number of carbonyl (C=O) groups is 1. The topological polar surface area (TPSA) is 105 Å². The second kappa shape index (κ2) is 14.0. The Bertz CT molecular complexity index is 1510. The summed E-state index contributed by atoms with van der Waals surface area (Å²) in [6.07, 6.45) is 8.64. The Morgan fingerprint density at radius 3 is 2.67 bits per heavy atom. The van der Waals surface area contributed by atoms with Gasteiger partial charge in [0, 0.05) is 23.7 Å². The molecule has 10 heteroatoms. The van der Waals surface area contributed by atoms with Crippen molar-refractivity contribution in [3.05, 3.63) is 70.3 Å². The molecule has 8 nitrogen and oxygen atoms in total. The Morgan fingerprint density at radius 1 is 1.13 bits per heavy atom. The molecule has 5 atom stereocenters. The van der Waals surface area contributed by atoms with Crippen LogP contribution in [0.4, 0.5) is 5.69 Å². The maximum Gasteiger partial charge on any atom is 0.264 e. The third-order valence-electron chi connectivity index (χ3n) is 9.84. The van der Waals surface area contributed by atoms with E-state index in [1.165, 1.54) is 0 Å². The number of fused-ring (bicyclic) bond motifs is 3. The van der Waals surface area contributed by atoms with E-state index in [0.717, 1.165) is 48.9 Å². The summed E-state index contributed by atoms with van der Waals surface area (Å²) < 4.78 is 41.4. The molecule has 246 valence electrons. The quantitative estimate of drug-likeness (QED) is 0.374. The van der Waals surface area contributed by atoms with Crippen LogP contribution in [0.5, 0.6) is 5.75 Å². The molecule has 0 aromatic heterocycles. The highest BCUT2D eigenvalue weighted by Gasteiger charge is 2.46. The van der Waals surface area contributed by atoms with Gasteiger partial charge in [0.25, 0.3) is 5.91 Å². The summed E-state index contributed by atoms with van der Waals surface area (Å²) >= 11 is 6.33. The molecular weight excluding hydrogens is 612 g/mol. The fourth-order valence-electron chi connectivity index (χ4n) is 6.65. The molecule has 0 radical (unpaired) electrons. The van der Waals surface area contributed by atoms with Gasteiger partial charge in [0.05, 0.1) is 23.6 Å². The number of aryl methyl sites for hydroxylation is 1. The second-order valence-electron chi connectivity index (χ2n) is 13.4. The molecule has 0 unspecified atom stereocenters. The number of aliphatic hydroxyl groups is 1. The summed E-state index contributed by atoms with van der Waals surface area (Å²) in [5.74, 6) is -0.172. The van der Waals surface area contributed by atoms with E-state index in [0.29, 0.717) is 36.9 Å². The molecule has 2 aromatic carbocycles. The van der Waals surface area contributed by atoms with Gasteiger partial charge in [0.15, 0.2) is 0 Å². The fourth-order valence-corrected chi connectivity index (χ4v) is 8.13. The van der Waals surface area contributed by atoms with Gasteiger partial charge in [-0.3, -0.25) is 4.79 Å². The van der Waals surface area contributed by atoms with Gasteiger partial charge in [-0.1, -0.05) is 36.7 Å². The Labute approximate surface area is 273 Å². The molecule has 5 rings (SSSR count). The van der Waals surface area contributed by atoms with Crippen LogP contribution in [0.25, 0.3) is 0 Å². The molecule has 2 heterocycles. The molecule has 2 bridgehead atoms. The van der Waals surface area contributed by atoms with Crippen LogP contribution < -0.4 is 14.4 Å². The Kier molecular flexibility index (Phi) is 10.5. The number of amides is 1. The van der Waals surface area contributed by atoms with Crippen LogP contribution in [0, 0.1) is 17.8 Å². The number of carbonyl (C=O) groups excluding carboxylic acids is 1. The molecule has 1 saturated carbocycles. The van der Waals surface area contributed by atoms with Gasteiger partial charge in [-0.25, -0.2) is 13.1 Å². The first-order valence-corrected chi connectivity index (χ1v) is 18.2. The summed E-state index contributed by atoms with van der Waals surface area (Å²) in [4.78, 5) is 15.7. The van der Waals surface area contributed by atoms with E-state index in [1.54, 1.807) is 25.1 Å². The minimum atomic E-state index is -3.97. The first kappa shape index (κ1) is 33.8. The number of nitrogens with zero attached hydrogens (tertiary/aromatic N) is 1. The number of sulfonamides is 1. The van der Waals surface area contributed by atoms with Crippen molar-refractivity contribution >= 4 is 33.2 Å². The third-order valence-corrected chi connectivity index (χ3v) is 12.0. The number of anilines is 1. The first-order chi connectivity index (χ1) is 21.4. The molecule has 45 heavy (non-hydrogen) atoms. The molecule has 0 saturated heterocycles. The highest BCUT2D eigenvalue weighted by Crippen LogP contribution is 2.45. The fraction of sp³-hybridized carbons (Fsp3) is 0.571. The predicted octanol–water partition coefficient (Wildman–Crippen LogP) is 6.29. The highest BCUT2D eigenvalue weighted by molar-refractivity contribution is 7.90. The molecule has 2 aromatic rings. The molecule has 1 amide bonds. The monoisotopic (exact) mass is 658 g/mol. The van der Waals surface area contributed by atoms with Crippen molar-refractivity contribution in [2.75, 3.05) is 24.6 Å². The number of rotatable bonds is 3. The molecular formula is C35H47ClN2O6S. The Morgan fingerprint density at radius 2 is 1.93 bits per heavy atom. The number of hydrogen-bond acceptors (Lipinski definition) is 7. The summed E-state index contributed by atoms with van der Waals surface area (Å²) in [6, 6.07) is 11.0. The Balaban J connectivity index is 1.56. The zero-order valence-electron chi connectivity index (χ0n) is 26.8. The van der Waals surface area contributed by atoms with Crippen LogP contribution >= 0.6 is 11.6 Å². The lowest BCUT2D eigenvalue weighted by Gasteiger charge is -2.48. The average molecular weight is 659 g/mol. The zero-order valence-corrected chi connectivity index (χ0v) is 28.4. The normalized spacial score (nSPS) is 29.7. The van der Waals surface area contributed by atoms with Crippen molar-refractivity contribution in [2.45, 2.75) is 89.8 Å². The smallest absolute Gasteiger partial charge is 0.264 e. The number of nitrogens with one attached hydrogen (secondary N) is 1. The van der Waals surface area contributed by atoms with E-state index >= 15 is 0 Å². The van der Waals surface area contributed by atoms with Gasteiger partial charge in [-0.2, -0.15) is 0 Å². The summed E-state index contributed by atoms with van der Waals surface area (Å²) in [6.45, 7) is 9.26. The first-order valence-electron chi connectivity index (χ1n) is 16.2. The van der Waals surface area contributed by atoms with Gasteiger partial charge < -0.3 is 19.5 Å². The van der Waals surface area contributed by atoms with Gasteiger partial charge in [-0.05, 0) is 119 Å². The van der Waals surface area contributed by atoms with Crippen molar-refractivity contribution in [2.24, 2.45) is 17.8 Å². The van der Waals surface area contributed by atoms with Crippen LogP contribution in [-0.2, 0) is 27.8 Å². The van der Waals surface area contributed by atoms with E-state index in [4.69, 9.17) is 21.1 Å². The van der Waals surface area contributed by atoms with Crippen LogP contribution in [0.3, 0.4) is 0 Å². The maximum absolute atomic E-state index is 13.4.